The van der Waals surface area contributed by atoms with Gasteiger partial charge in [0.25, 0.3) is 0 Å². The molecule has 0 amide bonds. The average molecular weight is 217 g/mol. The van der Waals surface area contributed by atoms with Gasteiger partial charge in [0.2, 0.25) is 0 Å². The molecule has 0 saturated heterocycles. The van der Waals surface area contributed by atoms with E-state index < -0.39 is 0 Å². The molecule has 0 aliphatic carbocycles. The lowest BCUT2D eigenvalue weighted by Gasteiger charge is -2.33. The fraction of sp³-hybridized carbons (Fsp3) is 0.600. The van der Waals surface area contributed by atoms with Crippen LogP contribution < -0.4 is 5.32 Å². The normalized spacial score (nSPS) is 26.9. The van der Waals surface area contributed by atoms with Gasteiger partial charge in [-0.05, 0) is 43.7 Å². The molecule has 1 atom stereocenters. The maximum atomic E-state index is 3.73. The molecule has 1 aliphatic rings. The van der Waals surface area contributed by atoms with E-state index in [0.717, 1.165) is 0 Å². The molecule has 1 heteroatoms. The van der Waals surface area contributed by atoms with Crippen LogP contribution in [-0.4, -0.2) is 5.54 Å². The lowest BCUT2D eigenvalue weighted by atomic mass is 9.75. The molecule has 1 heterocycles. The third kappa shape index (κ3) is 2.01. The largest absolute Gasteiger partial charge is 0.305 e. The SMILES string of the molecule is C[C@@H]1NC(C)(C)CC(C)(C)c2ccccc21. The monoisotopic (exact) mass is 217 g/mol. The van der Waals surface area contributed by atoms with Crippen LogP contribution in [0.2, 0.25) is 0 Å². The Bertz CT molecular complexity index is 390. The van der Waals surface area contributed by atoms with Gasteiger partial charge in [-0.2, -0.15) is 0 Å². The van der Waals surface area contributed by atoms with Crippen molar-refractivity contribution in [1.82, 2.24) is 5.32 Å². The second-order valence-electron chi connectivity index (χ2n) is 6.40. The first-order valence-electron chi connectivity index (χ1n) is 6.19. The predicted octanol–water partition coefficient (Wildman–Crippen LogP) is 3.80. The fourth-order valence-corrected chi connectivity index (χ4v) is 3.41. The number of hydrogen-bond donors (Lipinski definition) is 1. The molecule has 0 bridgehead atoms. The Morgan fingerprint density at radius 1 is 1.12 bits per heavy atom. The Morgan fingerprint density at radius 3 is 2.44 bits per heavy atom. The maximum Gasteiger partial charge on any atom is 0.0299 e. The van der Waals surface area contributed by atoms with Crippen molar-refractivity contribution in [1.29, 1.82) is 0 Å². The Morgan fingerprint density at radius 2 is 1.75 bits per heavy atom. The summed E-state index contributed by atoms with van der Waals surface area (Å²) in [4.78, 5) is 0. The highest BCUT2D eigenvalue weighted by Gasteiger charge is 2.36. The molecule has 1 aliphatic heterocycles. The summed E-state index contributed by atoms with van der Waals surface area (Å²) in [5.41, 5.74) is 3.40. The highest BCUT2D eigenvalue weighted by Crippen LogP contribution is 2.40. The molecular formula is C15H23N. The molecule has 16 heavy (non-hydrogen) atoms. The molecule has 88 valence electrons. The van der Waals surface area contributed by atoms with Gasteiger partial charge in [-0.1, -0.05) is 38.1 Å². The molecule has 0 saturated carbocycles. The number of fused-ring (bicyclic) bond motifs is 1. The highest BCUT2D eigenvalue weighted by atomic mass is 15.0. The summed E-state index contributed by atoms with van der Waals surface area (Å²) in [6, 6.07) is 9.29. The van der Waals surface area contributed by atoms with E-state index in [1.807, 2.05) is 0 Å². The van der Waals surface area contributed by atoms with Gasteiger partial charge in [-0.25, -0.2) is 0 Å². The average Bonchev–Trinajstić information content (AvgIpc) is 2.20. The molecule has 0 unspecified atom stereocenters. The van der Waals surface area contributed by atoms with Gasteiger partial charge in [-0.3, -0.25) is 0 Å². The smallest absolute Gasteiger partial charge is 0.0299 e. The van der Waals surface area contributed by atoms with E-state index in [4.69, 9.17) is 0 Å². The third-order valence-electron chi connectivity index (χ3n) is 3.65. The van der Waals surface area contributed by atoms with Crippen molar-refractivity contribution in [2.75, 3.05) is 0 Å². The number of hydrogen-bond acceptors (Lipinski definition) is 1. The van der Waals surface area contributed by atoms with Crippen molar-refractivity contribution < 1.29 is 0 Å². The van der Waals surface area contributed by atoms with Crippen molar-refractivity contribution in [2.45, 2.75) is 58.0 Å². The summed E-state index contributed by atoms with van der Waals surface area (Å²) in [5, 5.41) is 3.73. The van der Waals surface area contributed by atoms with Crippen LogP contribution in [0.3, 0.4) is 0 Å². The lowest BCUT2D eigenvalue weighted by Crippen LogP contribution is -2.42. The molecule has 0 spiro atoms. The predicted molar refractivity (Wildman–Crippen MR) is 69.7 cm³/mol. The lowest BCUT2D eigenvalue weighted by molar-refractivity contribution is 0.285. The Hall–Kier alpha value is -0.820. The molecule has 1 aromatic rings. The first-order valence-corrected chi connectivity index (χ1v) is 6.19. The maximum absolute atomic E-state index is 3.73. The van der Waals surface area contributed by atoms with Gasteiger partial charge in [-0.15, -0.1) is 0 Å². The van der Waals surface area contributed by atoms with Crippen LogP contribution >= 0.6 is 0 Å². The fourth-order valence-electron chi connectivity index (χ4n) is 3.41. The zero-order chi connectivity index (χ0) is 12.0. The van der Waals surface area contributed by atoms with Crippen LogP contribution in [0.15, 0.2) is 24.3 Å². The van der Waals surface area contributed by atoms with E-state index in [9.17, 15) is 0 Å². The van der Waals surface area contributed by atoms with Gasteiger partial charge in [0, 0.05) is 11.6 Å². The van der Waals surface area contributed by atoms with E-state index in [0.29, 0.717) is 6.04 Å². The van der Waals surface area contributed by atoms with Crippen molar-refractivity contribution in [3.8, 4) is 0 Å². The molecule has 2 rings (SSSR count). The Balaban J connectivity index is 2.55. The summed E-state index contributed by atoms with van der Waals surface area (Å²) in [6.07, 6.45) is 1.17. The van der Waals surface area contributed by atoms with Gasteiger partial charge < -0.3 is 5.32 Å². The van der Waals surface area contributed by atoms with Crippen LogP contribution in [0.25, 0.3) is 0 Å². The second kappa shape index (κ2) is 3.59. The van der Waals surface area contributed by atoms with E-state index in [1.165, 1.54) is 17.5 Å². The quantitative estimate of drug-likeness (QED) is 0.697. The third-order valence-corrected chi connectivity index (χ3v) is 3.65. The standard InChI is InChI=1S/C15H23N/c1-11-12-8-6-7-9-13(12)14(2,3)10-15(4,5)16-11/h6-9,11,16H,10H2,1-5H3/t11-/m0/s1. The topological polar surface area (TPSA) is 12.0 Å². The molecule has 1 N–H and O–H groups in total. The highest BCUT2D eigenvalue weighted by molar-refractivity contribution is 5.37. The summed E-state index contributed by atoms with van der Waals surface area (Å²) >= 11 is 0. The zero-order valence-electron chi connectivity index (χ0n) is 11.1. The van der Waals surface area contributed by atoms with Gasteiger partial charge >= 0.3 is 0 Å². The molecular weight excluding hydrogens is 194 g/mol. The van der Waals surface area contributed by atoms with E-state index in [2.05, 4.69) is 64.2 Å². The van der Waals surface area contributed by atoms with E-state index >= 15 is 0 Å². The van der Waals surface area contributed by atoms with Crippen LogP contribution in [0.1, 0.15) is 58.2 Å². The van der Waals surface area contributed by atoms with Crippen molar-refractivity contribution in [2.24, 2.45) is 0 Å². The number of benzene rings is 1. The van der Waals surface area contributed by atoms with Crippen molar-refractivity contribution >= 4 is 0 Å². The minimum atomic E-state index is 0.196. The minimum Gasteiger partial charge on any atom is -0.305 e. The van der Waals surface area contributed by atoms with Gasteiger partial charge in [0.05, 0.1) is 0 Å². The number of nitrogens with one attached hydrogen (secondary N) is 1. The van der Waals surface area contributed by atoms with Crippen molar-refractivity contribution in [3.05, 3.63) is 35.4 Å². The molecule has 1 nitrogen and oxygen atoms in total. The minimum absolute atomic E-state index is 0.196. The molecule has 0 aromatic heterocycles. The van der Waals surface area contributed by atoms with Crippen LogP contribution in [0.4, 0.5) is 0 Å². The van der Waals surface area contributed by atoms with Crippen LogP contribution in [-0.2, 0) is 5.41 Å². The molecule has 1 aromatic carbocycles. The van der Waals surface area contributed by atoms with Gasteiger partial charge in [0.15, 0.2) is 0 Å². The first-order chi connectivity index (χ1) is 7.32. The summed E-state index contributed by atoms with van der Waals surface area (Å²) in [5.74, 6) is 0. The molecule has 0 radical (unpaired) electrons. The van der Waals surface area contributed by atoms with E-state index in [1.54, 1.807) is 0 Å². The summed E-state index contributed by atoms with van der Waals surface area (Å²) in [6.45, 7) is 11.6. The van der Waals surface area contributed by atoms with Crippen molar-refractivity contribution in [3.63, 3.8) is 0 Å². The first kappa shape index (κ1) is 11.7. The van der Waals surface area contributed by atoms with Gasteiger partial charge in [0.1, 0.15) is 0 Å². The number of rotatable bonds is 0. The van der Waals surface area contributed by atoms with Crippen LogP contribution in [0, 0.1) is 0 Å². The van der Waals surface area contributed by atoms with E-state index in [-0.39, 0.29) is 11.0 Å². The second-order valence-corrected chi connectivity index (χ2v) is 6.40. The van der Waals surface area contributed by atoms with Crippen LogP contribution in [0.5, 0.6) is 0 Å². The summed E-state index contributed by atoms with van der Waals surface area (Å²) < 4.78 is 0. The Kier molecular flexibility index (Phi) is 2.62. The Labute approximate surface area is 99.3 Å². The summed E-state index contributed by atoms with van der Waals surface area (Å²) in [7, 11) is 0. The molecule has 0 fully saturated rings. The zero-order valence-corrected chi connectivity index (χ0v) is 11.1.